The summed E-state index contributed by atoms with van der Waals surface area (Å²) >= 11 is 0. The van der Waals surface area contributed by atoms with Crippen molar-refractivity contribution in [3.05, 3.63) is 0 Å². The van der Waals surface area contributed by atoms with Crippen molar-refractivity contribution in [2.24, 2.45) is 0 Å². The van der Waals surface area contributed by atoms with Gasteiger partial charge in [-0.3, -0.25) is 0 Å². The molecule has 3 nitrogen and oxygen atoms in total. The highest BCUT2D eigenvalue weighted by molar-refractivity contribution is 7.75. The standard InChI is InChI=1S/2C13H30P.BHO3/c2*1-5-8-11-14(4,12-9-6-2)13-10-7-3;2-1(3)4/h2*5-13H2,1-4H3;2H/q2*+1;-2. The second-order valence-corrected chi connectivity index (χ2v) is 19.2. The summed E-state index contributed by atoms with van der Waals surface area (Å²) < 4.78 is 0. The molecule has 0 aromatic heterocycles. The number of hydrogen-bond donors (Lipinski definition) is 1. The molecule has 1 N–H and O–H groups in total. The first-order chi connectivity index (χ1) is 15.1. The van der Waals surface area contributed by atoms with Gasteiger partial charge in [-0.1, -0.05) is 80.1 Å². The van der Waals surface area contributed by atoms with E-state index in [0.29, 0.717) is 0 Å². The Morgan fingerprint density at radius 1 is 0.469 bits per heavy atom. The van der Waals surface area contributed by atoms with Crippen LogP contribution in [0, 0.1) is 0 Å². The molecule has 0 spiro atoms. The first-order valence-corrected chi connectivity index (χ1v) is 19.3. The summed E-state index contributed by atoms with van der Waals surface area (Å²) in [7, 11) is -3.70. The van der Waals surface area contributed by atoms with Crippen molar-refractivity contribution in [1.82, 2.24) is 0 Å². The van der Waals surface area contributed by atoms with Crippen LogP contribution < -0.4 is 10.0 Å². The van der Waals surface area contributed by atoms with Crippen molar-refractivity contribution < 1.29 is 15.1 Å². The fourth-order valence-electron chi connectivity index (χ4n) is 3.91. The second kappa shape index (κ2) is 26.4. The van der Waals surface area contributed by atoms with E-state index in [-0.39, 0.29) is 0 Å². The molecular weight excluding hydrogens is 433 g/mol. The molecule has 0 amide bonds. The van der Waals surface area contributed by atoms with Gasteiger partial charge in [0, 0.05) is 27.9 Å². The van der Waals surface area contributed by atoms with E-state index < -0.39 is 21.8 Å². The lowest BCUT2D eigenvalue weighted by Crippen LogP contribution is -2.44. The van der Waals surface area contributed by atoms with Crippen molar-refractivity contribution in [1.29, 1.82) is 0 Å². The zero-order valence-corrected chi connectivity index (χ0v) is 25.3. The average Bonchev–Trinajstić information content (AvgIpc) is 2.76. The van der Waals surface area contributed by atoms with E-state index in [1.54, 1.807) is 37.0 Å². The van der Waals surface area contributed by atoms with Crippen molar-refractivity contribution >= 4 is 21.8 Å². The Balaban J connectivity index is -0.000000450. The fraction of sp³-hybridized carbons (Fsp3) is 1.00. The third-order valence-electron chi connectivity index (χ3n) is 6.31. The van der Waals surface area contributed by atoms with Gasteiger partial charge in [-0.05, 0) is 38.5 Å². The van der Waals surface area contributed by atoms with Gasteiger partial charge in [0.25, 0.3) is 0 Å². The zero-order chi connectivity index (χ0) is 25.3. The van der Waals surface area contributed by atoms with Gasteiger partial charge in [0.15, 0.2) is 0 Å². The third kappa shape index (κ3) is 28.8. The van der Waals surface area contributed by atoms with Gasteiger partial charge in [-0.15, -0.1) is 0 Å². The van der Waals surface area contributed by atoms with Crippen molar-refractivity contribution in [3.8, 4) is 0 Å². The number of rotatable bonds is 18. The van der Waals surface area contributed by atoms with Gasteiger partial charge < -0.3 is 15.1 Å². The monoisotopic (exact) mass is 494 g/mol. The van der Waals surface area contributed by atoms with Crippen LogP contribution in [0.15, 0.2) is 0 Å². The molecule has 0 atom stereocenters. The van der Waals surface area contributed by atoms with Crippen LogP contribution in [0.4, 0.5) is 0 Å². The molecule has 0 heterocycles. The molecule has 32 heavy (non-hydrogen) atoms. The van der Waals surface area contributed by atoms with Crippen molar-refractivity contribution in [3.63, 3.8) is 0 Å². The second-order valence-electron chi connectivity index (χ2n) is 10.0. The summed E-state index contributed by atoms with van der Waals surface area (Å²) in [6.07, 6.45) is 26.5. The van der Waals surface area contributed by atoms with Crippen molar-refractivity contribution in [2.45, 2.75) is 119 Å². The Morgan fingerprint density at radius 2 is 0.594 bits per heavy atom. The lowest BCUT2D eigenvalue weighted by Gasteiger charge is -2.22. The quantitative estimate of drug-likeness (QED) is 0.169. The van der Waals surface area contributed by atoms with Gasteiger partial charge in [0.2, 0.25) is 0 Å². The van der Waals surface area contributed by atoms with Crippen LogP contribution in [0.3, 0.4) is 0 Å². The summed E-state index contributed by atoms with van der Waals surface area (Å²) in [5.41, 5.74) is 0. The Labute approximate surface area is 205 Å². The molecule has 0 saturated carbocycles. The Bertz CT molecular complexity index is 282. The zero-order valence-electron chi connectivity index (χ0n) is 23.5. The normalized spacial score (nSPS) is 11.3. The Morgan fingerprint density at radius 3 is 0.688 bits per heavy atom. The topological polar surface area (TPSA) is 66.3 Å². The highest BCUT2D eigenvalue weighted by Gasteiger charge is 2.29. The van der Waals surface area contributed by atoms with E-state index in [4.69, 9.17) is 15.1 Å². The van der Waals surface area contributed by atoms with Gasteiger partial charge >= 0.3 is 0 Å². The van der Waals surface area contributed by atoms with Crippen LogP contribution in [0.1, 0.15) is 119 Å². The molecule has 0 bridgehead atoms. The first-order valence-electron chi connectivity index (χ1n) is 13.8. The molecule has 0 aliphatic rings. The van der Waals surface area contributed by atoms with Gasteiger partial charge in [0.1, 0.15) is 0 Å². The van der Waals surface area contributed by atoms with E-state index in [0.717, 1.165) is 0 Å². The fourth-order valence-corrected chi connectivity index (χ4v) is 11.7. The predicted molar refractivity (Wildman–Crippen MR) is 152 cm³/mol. The van der Waals surface area contributed by atoms with Crippen molar-refractivity contribution in [2.75, 3.05) is 50.3 Å². The molecule has 0 saturated heterocycles. The van der Waals surface area contributed by atoms with Crippen LogP contribution in [-0.2, 0) is 0 Å². The number of hydrogen-bond acceptors (Lipinski definition) is 3. The summed E-state index contributed by atoms with van der Waals surface area (Å²) in [5.74, 6) is 0. The van der Waals surface area contributed by atoms with Gasteiger partial charge in [0.05, 0.1) is 44.3 Å². The van der Waals surface area contributed by atoms with Crippen LogP contribution in [0.25, 0.3) is 0 Å². The minimum absolute atomic E-state index is 0.519. The van der Waals surface area contributed by atoms with Gasteiger partial charge in [-0.2, -0.15) is 0 Å². The van der Waals surface area contributed by atoms with Crippen LogP contribution in [-0.4, -0.2) is 62.6 Å². The van der Waals surface area contributed by atoms with E-state index >= 15 is 0 Å². The minimum atomic E-state index is -2.67. The van der Waals surface area contributed by atoms with E-state index in [9.17, 15) is 0 Å². The smallest absolute Gasteiger partial charge is 0.0591 e. The molecule has 0 aliphatic carbocycles. The molecule has 6 heteroatoms. The molecule has 0 fully saturated rings. The molecule has 0 radical (unpaired) electrons. The highest BCUT2D eigenvalue weighted by Crippen LogP contribution is 2.57. The molecule has 0 aromatic rings. The summed E-state index contributed by atoms with van der Waals surface area (Å²) in [5, 5.41) is 24.0. The summed E-state index contributed by atoms with van der Waals surface area (Å²) in [4.78, 5) is 0. The molecule has 0 unspecified atom stereocenters. The van der Waals surface area contributed by atoms with Gasteiger partial charge in [-0.25, -0.2) is 0 Å². The Hall–Kier alpha value is 0.805. The molecule has 0 aliphatic heterocycles. The largest absolute Gasteiger partial charge is 0.871 e. The highest BCUT2D eigenvalue weighted by atomic mass is 31.2. The van der Waals surface area contributed by atoms with E-state index in [1.165, 1.54) is 77.0 Å². The lowest BCUT2D eigenvalue weighted by molar-refractivity contribution is -0.376. The summed E-state index contributed by atoms with van der Waals surface area (Å²) in [6, 6.07) is 0. The molecule has 0 aromatic carbocycles. The van der Waals surface area contributed by atoms with E-state index in [2.05, 4.69) is 54.9 Å². The third-order valence-corrected chi connectivity index (χ3v) is 14.7. The first kappa shape index (κ1) is 37.4. The van der Waals surface area contributed by atoms with Crippen LogP contribution in [0.5, 0.6) is 0 Å². The predicted octanol–water partition coefficient (Wildman–Crippen LogP) is 6.75. The SMILES string of the molecule is CCCC[P+](C)(CCCC)CCCC.CCCC[P+](C)(CCCC)CCCC.[O-]B([O-])O. The maximum atomic E-state index is 8.53. The minimum Gasteiger partial charge on any atom is -0.871 e. The molecule has 196 valence electrons. The Kier molecular flexibility index (Phi) is 30.8. The van der Waals surface area contributed by atoms with Crippen LogP contribution in [0.2, 0.25) is 0 Å². The van der Waals surface area contributed by atoms with Crippen LogP contribution >= 0.6 is 14.5 Å². The summed E-state index contributed by atoms with van der Waals surface area (Å²) in [6.45, 7) is 19.2. The lowest BCUT2D eigenvalue weighted by atomic mass is 10.3. The molecule has 0 rings (SSSR count). The maximum Gasteiger partial charge on any atom is 0.0591 e. The average molecular weight is 495 g/mol. The number of unbranched alkanes of at least 4 members (excludes halogenated alkanes) is 6. The van der Waals surface area contributed by atoms with E-state index in [1.807, 2.05) is 0 Å². The maximum absolute atomic E-state index is 8.53. The molecular formula is C26H61BO3P2.